The third kappa shape index (κ3) is 6.06. The maximum atomic E-state index is 13.7. The minimum atomic E-state index is -0.585. The van der Waals surface area contributed by atoms with Gasteiger partial charge in [0.25, 0.3) is 5.91 Å². The Bertz CT molecular complexity index is 1080. The van der Waals surface area contributed by atoms with Crippen molar-refractivity contribution < 1.29 is 23.9 Å². The molecule has 2 heterocycles. The lowest BCUT2D eigenvalue weighted by Crippen LogP contribution is -2.53. The molecule has 8 nitrogen and oxygen atoms in total. The van der Waals surface area contributed by atoms with E-state index in [1.54, 1.807) is 28.0 Å². The Morgan fingerprint density at radius 1 is 0.892 bits per heavy atom. The first-order valence-electron chi connectivity index (χ1n) is 13.3. The van der Waals surface area contributed by atoms with Gasteiger partial charge in [0.05, 0.1) is 19.3 Å². The van der Waals surface area contributed by atoms with Crippen LogP contribution in [-0.4, -0.2) is 65.9 Å². The fourth-order valence-corrected chi connectivity index (χ4v) is 5.26. The van der Waals surface area contributed by atoms with E-state index in [2.05, 4.69) is 5.32 Å². The highest BCUT2D eigenvalue weighted by Crippen LogP contribution is 2.29. The molecule has 0 saturated carbocycles. The molecule has 3 atom stereocenters. The maximum Gasteiger partial charge on any atom is 0.254 e. The Kier molecular flexibility index (Phi) is 8.69. The van der Waals surface area contributed by atoms with Crippen molar-refractivity contribution in [3.05, 3.63) is 59.7 Å². The summed E-state index contributed by atoms with van der Waals surface area (Å²) < 4.78 is 11.3. The van der Waals surface area contributed by atoms with E-state index < -0.39 is 12.1 Å². The molecule has 0 aliphatic carbocycles. The van der Waals surface area contributed by atoms with Crippen LogP contribution in [0.3, 0.4) is 0 Å². The van der Waals surface area contributed by atoms with Gasteiger partial charge in [0.2, 0.25) is 11.8 Å². The molecule has 2 aliphatic heterocycles. The third-order valence-corrected chi connectivity index (χ3v) is 7.04. The van der Waals surface area contributed by atoms with Crippen LogP contribution in [0.1, 0.15) is 68.4 Å². The molecule has 2 aromatic carbocycles. The summed E-state index contributed by atoms with van der Waals surface area (Å²) >= 11 is 0. The monoisotopic (exact) mass is 507 g/mol. The Morgan fingerprint density at radius 3 is 2.11 bits per heavy atom. The number of amides is 3. The minimum Gasteiger partial charge on any atom is -0.494 e. The largest absolute Gasteiger partial charge is 0.494 e. The van der Waals surface area contributed by atoms with E-state index in [4.69, 9.17) is 9.47 Å². The second-order valence-corrected chi connectivity index (χ2v) is 9.55. The highest BCUT2D eigenvalue weighted by molar-refractivity contribution is 5.99. The molecular weight excluding hydrogens is 470 g/mol. The fraction of sp³-hybridized carbons (Fsp3) is 0.483. The van der Waals surface area contributed by atoms with Gasteiger partial charge in [-0.2, -0.15) is 0 Å². The Morgan fingerprint density at radius 2 is 1.49 bits per heavy atom. The average molecular weight is 508 g/mol. The van der Waals surface area contributed by atoms with Crippen molar-refractivity contribution in [1.82, 2.24) is 15.1 Å². The SMILES string of the molecule is CCOc1cc(OCC)cc(C(=O)N2CCC[C@H]2C(=O)N2CCC[C@H]2C(=O)N[C@@H](C)c2ccccc2)c1. The first-order valence-corrected chi connectivity index (χ1v) is 13.3. The summed E-state index contributed by atoms with van der Waals surface area (Å²) in [7, 11) is 0. The lowest BCUT2D eigenvalue weighted by molar-refractivity contribution is -0.141. The number of carbonyl (C=O) groups is 3. The molecule has 0 bridgehead atoms. The average Bonchev–Trinajstić information content (AvgIpc) is 3.59. The maximum absolute atomic E-state index is 13.7. The highest BCUT2D eigenvalue weighted by atomic mass is 16.5. The van der Waals surface area contributed by atoms with Crippen LogP contribution in [0.15, 0.2) is 48.5 Å². The van der Waals surface area contributed by atoms with Crippen LogP contribution in [0.25, 0.3) is 0 Å². The minimum absolute atomic E-state index is 0.149. The summed E-state index contributed by atoms with van der Waals surface area (Å²) in [4.78, 5) is 43.8. The van der Waals surface area contributed by atoms with E-state index in [9.17, 15) is 14.4 Å². The van der Waals surface area contributed by atoms with Gasteiger partial charge in [-0.15, -0.1) is 0 Å². The highest BCUT2D eigenvalue weighted by Gasteiger charge is 2.42. The number of rotatable bonds is 9. The number of likely N-dealkylation sites (tertiary alicyclic amines) is 2. The van der Waals surface area contributed by atoms with Crippen molar-refractivity contribution in [2.24, 2.45) is 0 Å². The van der Waals surface area contributed by atoms with Crippen molar-refractivity contribution in [1.29, 1.82) is 0 Å². The van der Waals surface area contributed by atoms with Gasteiger partial charge in [-0.1, -0.05) is 30.3 Å². The molecule has 0 unspecified atom stereocenters. The van der Waals surface area contributed by atoms with Crippen molar-refractivity contribution in [3.8, 4) is 11.5 Å². The van der Waals surface area contributed by atoms with E-state index in [1.807, 2.05) is 51.1 Å². The van der Waals surface area contributed by atoms with Gasteiger partial charge in [-0.25, -0.2) is 0 Å². The van der Waals surface area contributed by atoms with Gasteiger partial charge in [0, 0.05) is 24.7 Å². The topological polar surface area (TPSA) is 88.2 Å². The molecule has 0 radical (unpaired) electrons. The summed E-state index contributed by atoms with van der Waals surface area (Å²) in [6.45, 7) is 7.65. The molecule has 2 aliphatic rings. The van der Waals surface area contributed by atoms with Crippen LogP contribution in [-0.2, 0) is 9.59 Å². The number of carbonyl (C=O) groups excluding carboxylic acids is 3. The quantitative estimate of drug-likeness (QED) is 0.555. The molecule has 2 aromatic rings. The molecule has 37 heavy (non-hydrogen) atoms. The molecule has 3 amide bonds. The number of nitrogens with one attached hydrogen (secondary N) is 1. The second-order valence-electron chi connectivity index (χ2n) is 9.55. The standard InChI is InChI=1S/C29H37N3O5/c1-4-36-23-17-22(18-24(19-23)37-5-2)28(34)32-16-10-14-26(32)29(35)31-15-9-13-25(31)27(33)30-20(3)21-11-7-6-8-12-21/h6-8,11-12,17-20,25-26H,4-5,9-10,13-16H2,1-3H3,(H,30,33)/t20-,25-,26-/m0/s1. The number of ether oxygens (including phenoxy) is 2. The fourth-order valence-electron chi connectivity index (χ4n) is 5.26. The van der Waals surface area contributed by atoms with Gasteiger partial charge < -0.3 is 24.6 Å². The van der Waals surface area contributed by atoms with Crippen LogP contribution < -0.4 is 14.8 Å². The molecule has 198 valence electrons. The van der Waals surface area contributed by atoms with E-state index >= 15 is 0 Å². The van der Waals surface area contributed by atoms with E-state index in [0.717, 1.165) is 18.4 Å². The molecule has 8 heteroatoms. The number of nitrogens with zero attached hydrogens (tertiary/aromatic N) is 2. The summed E-state index contributed by atoms with van der Waals surface area (Å²) in [6.07, 6.45) is 2.70. The molecule has 2 fully saturated rings. The third-order valence-electron chi connectivity index (χ3n) is 7.04. The van der Waals surface area contributed by atoms with Crippen LogP contribution in [0.4, 0.5) is 0 Å². The summed E-state index contributed by atoms with van der Waals surface area (Å²) in [5.41, 5.74) is 1.45. The second kappa shape index (κ2) is 12.1. The normalized spacial score (nSPS) is 20.0. The van der Waals surface area contributed by atoms with Crippen LogP contribution in [0.2, 0.25) is 0 Å². The molecule has 1 N–H and O–H groups in total. The zero-order chi connectivity index (χ0) is 26.4. The van der Waals surface area contributed by atoms with Gasteiger partial charge in [-0.05, 0) is 64.2 Å². The zero-order valence-electron chi connectivity index (χ0n) is 21.9. The van der Waals surface area contributed by atoms with E-state index in [1.165, 1.54) is 0 Å². The number of hydrogen-bond donors (Lipinski definition) is 1. The number of benzene rings is 2. The predicted octanol–water partition coefficient (Wildman–Crippen LogP) is 3.96. The van der Waals surface area contributed by atoms with Gasteiger partial charge >= 0.3 is 0 Å². The van der Waals surface area contributed by atoms with Gasteiger partial charge in [0.15, 0.2) is 0 Å². The Balaban J connectivity index is 1.48. The summed E-state index contributed by atoms with van der Waals surface area (Å²) in [6, 6.07) is 13.7. The van der Waals surface area contributed by atoms with Crippen molar-refractivity contribution in [3.63, 3.8) is 0 Å². The molecule has 4 rings (SSSR count). The van der Waals surface area contributed by atoms with E-state index in [0.29, 0.717) is 56.2 Å². The number of hydrogen-bond acceptors (Lipinski definition) is 5. The lowest BCUT2D eigenvalue weighted by atomic mass is 10.1. The van der Waals surface area contributed by atoms with Crippen LogP contribution >= 0.6 is 0 Å². The lowest BCUT2D eigenvalue weighted by Gasteiger charge is -2.31. The summed E-state index contributed by atoms with van der Waals surface area (Å²) in [5, 5.41) is 3.07. The molecular formula is C29H37N3O5. The zero-order valence-corrected chi connectivity index (χ0v) is 21.9. The van der Waals surface area contributed by atoms with Crippen LogP contribution in [0, 0.1) is 0 Å². The van der Waals surface area contributed by atoms with Crippen molar-refractivity contribution in [2.45, 2.75) is 64.6 Å². The predicted molar refractivity (Wildman–Crippen MR) is 141 cm³/mol. The Hall–Kier alpha value is -3.55. The Labute approximate surface area is 218 Å². The molecule has 0 spiro atoms. The van der Waals surface area contributed by atoms with E-state index in [-0.39, 0.29) is 23.8 Å². The first-order chi connectivity index (χ1) is 17.9. The van der Waals surface area contributed by atoms with Crippen molar-refractivity contribution in [2.75, 3.05) is 26.3 Å². The van der Waals surface area contributed by atoms with Gasteiger partial charge in [0.1, 0.15) is 23.6 Å². The molecule has 2 saturated heterocycles. The summed E-state index contributed by atoms with van der Waals surface area (Å²) in [5.74, 6) is 0.590. The van der Waals surface area contributed by atoms with Gasteiger partial charge in [-0.3, -0.25) is 14.4 Å². The smallest absolute Gasteiger partial charge is 0.254 e. The molecule has 0 aromatic heterocycles. The first kappa shape index (κ1) is 26.5. The van der Waals surface area contributed by atoms with Crippen LogP contribution in [0.5, 0.6) is 11.5 Å². The van der Waals surface area contributed by atoms with Crippen molar-refractivity contribution >= 4 is 17.7 Å².